The third kappa shape index (κ3) is 10.1. The Kier molecular flexibility index (Phi) is 10.4. The van der Waals surface area contributed by atoms with Crippen molar-refractivity contribution in [3.05, 3.63) is 28.4 Å². The molecule has 2 heterocycles. The fourth-order valence-corrected chi connectivity index (χ4v) is 2.64. The lowest BCUT2D eigenvalue weighted by Crippen LogP contribution is -2.30. The molecule has 0 aromatic carbocycles. The third-order valence-corrected chi connectivity index (χ3v) is 4.05. The van der Waals surface area contributed by atoms with Gasteiger partial charge in [-0.15, -0.1) is 0 Å². The van der Waals surface area contributed by atoms with Crippen molar-refractivity contribution in [2.45, 2.75) is 38.5 Å². The molecule has 3 N–H and O–H groups in total. The molecule has 0 spiro atoms. The normalized spacial score (nSPS) is 13.9. The summed E-state index contributed by atoms with van der Waals surface area (Å²) in [5, 5.41) is 28.5. The van der Waals surface area contributed by atoms with E-state index in [9.17, 15) is 10.1 Å². The van der Waals surface area contributed by atoms with Gasteiger partial charge in [-0.1, -0.05) is 12.8 Å². The van der Waals surface area contributed by atoms with E-state index in [0.717, 1.165) is 13.0 Å². The Morgan fingerprint density at radius 3 is 2.30 bits per heavy atom. The number of nitrogens with one attached hydrogen (secondary N) is 1. The standard InChI is InChI=1S/C15H24N4O2.C2H2O4/c20-19(21)14-7-8-15(17-13-14)16-9-3-1-4-10-18-11-5-2-6-12-18;3-1(4)2(5)6/h7-8,13H,1-6,9-12H2,(H,16,17);(H,3,4)(H,5,6). The quantitative estimate of drug-likeness (QED) is 0.266. The van der Waals surface area contributed by atoms with Crippen molar-refractivity contribution >= 4 is 23.4 Å². The first kappa shape index (κ1) is 22.3. The molecule has 1 aromatic heterocycles. The minimum atomic E-state index is -1.82. The van der Waals surface area contributed by atoms with E-state index in [0.29, 0.717) is 5.82 Å². The Balaban J connectivity index is 0.000000527. The number of likely N-dealkylation sites (tertiary alicyclic amines) is 1. The largest absolute Gasteiger partial charge is 0.473 e. The Bertz CT molecular complexity index is 590. The van der Waals surface area contributed by atoms with Gasteiger partial charge in [-0.05, 0) is 51.4 Å². The maximum absolute atomic E-state index is 10.5. The average Bonchev–Trinajstić information content (AvgIpc) is 2.66. The summed E-state index contributed by atoms with van der Waals surface area (Å²) in [6.07, 6.45) is 8.94. The average molecular weight is 382 g/mol. The smallest absolute Gasteiger partial charge is 0.414 e. The van der Waals surface area contributed by atoms with E-state index >= 15 is 0 Å². The second-order valence-corrected chi connectivity index (χ2v) is 6.16. The van der Waals surface area contributed by atoms with Gasteiger partial charge in [0.1, 0.15) is 12.0 Å². The molecule has 1 fully saturated rings. The van der Waals surface area contributed by atoms with Crippen LogP contribution in [0.5, 0.6) is 0 Å². The molecule has 1 aromatic rings. The zero-order chi connectivity index (χ0) is 20.1. The van der Waals surface area contributed by atoms with Gasteiger partial charge < -0.3 is 20.4 Å². The van der Waals surface area contributed by atoms with Crippen molar-refractivity contribution < 1.29 is 24.7 Å². The van der Waals surface area contributed by atoms with E-state index in [4.69, 9.17) is 19.8 Å². The predicted octanol–water partition coefficient (Wildman–Crippen LogP) is 2.21. The lowest BCUT2D eigenvalue weighted by Gasteiger charge is -2.26. The summed E-state index contributed by atoms with van der Waals surface area (Å²) in [5.74, 6) is -2.94. The van der Waals surface area contributed by atoms with Crippen LogP contribution < -0.4 is 5.32 Å². The van der Waals surface area contributed by atoms with Crippen molar-refractivity contribution in [3.63, 3.8) is 0 Å². The Labute approximate surface area is 157 Å². The molecule has 10 heteroatoms. The van der Waals surface area contributed by atoms with Gasteiger partial charge in [-0.3, -0.25) is 10.1 Å². The summed E-state index contributed by atoms with van der Waals surface area (Å²) in [6.45, 7) is 4.62. The lowest BCUT2D eigenvalue weighted by molar-refractivity contribution is -0.385. The fourth-order valence-electron chi connectivity index (χ4n) is 2.64. The molecule has 2 rings (SSSR count). The third-order valence-electron chi connectivity index (χ3n) is 4.05. The highest BCUT2D eigenvalue weighted by Crippen LogP contribution is 2.12. The van der Waals surface area contributed by atoms with Crippen LogP contribution in [0.2, 0.25) is 0 Å². The van der Waals surface area contributed by atoms with Crippen LogP contribution in [0, 0.1) is 10.1 Å². The minimum absolute atomic E-state index is 0.0297. The molecule has 0 atom stereocenters. The molecule has 1 saturated heterocycles. The summed E-state index contributed by atoms with van der Waals surface area (Å²) in [7, 11) is 0. The van der Waals surface area contributed by atoms with E-state index in [1.807, 2.05) is 0 Å². The van der Waals surface area contributed by atoms with Crippen LogP contribution in [0.15, 0.2) is 18.3 Å². The number of aromatic nitrogens is 1. The van der Waals surface area contributed by atoms with Crippen molar-refractivity contribution in [3.8, 4) is 0 Å². The van der Waals surface area contributed by atoms with Crippen LogP contribution in [-0.4, -0.2) is 63.1 Å². The van der Waals surface area contributed by atoms with Crippen LogP contribution in [0.25, 0.3) is 0 Å². The Morgan fingerprint density at radius 2 is 1.78 bits per heavy atom. The van der Waals surface area contributed by atoms with E-state index in [2.05, 4.69) is 15.2 Å². The molecule has 1 aliphatic rings. The molecule has 0 bridgehead atoms. The summed E-state index contributed by atoms with van der Waals surface area (Å²) >= 11 is 0. The van der Waals surface area contributed by atoms with Gasteiger partial charge >= 0.3 is 11.9 Å². The summed E-state index contributed by atoms with van der Waals surface area (Å²) < 4.78 is 0. The number of anilines is 1. The van der Waals surface area contributed by atoms with E-state index in [1.54, 1.807) is 6.07 Å². The maximum Gasteiger partial charge on any atom is 0.414 e. The number of nitrogens with zero attached hydrogens (tertiary/aromatic N) is 3. The summed E-state index contributed by atoms with van der Waals surface area (Å²) in [6, 6.07) is 3.14. The van der Waals surface area contributed by atoms with Crippen LogP contribution in [0.4, 0.5) is 11.5 Å². The molecular formula is C17H26N4O6. The molecule has 27 heavy (non-hydrogen) atoms. The lowest BCUT2D eigenvalue weighted by atomic mass is 10.1. The second-order valence-electron chi connectivity index (χ2n) is 6.16. The van der Waals surface area contributed by atoms with E-state index in [-0.39, 0.29) is 5.69 Å². The minimum Gasteiger partial charge on any atom is -0.473 e. The van der Waals surface area contributed by atoms with Gasteiger partial charge in [0.2, 0.25) is 0 Å². The van der Waals surface area contributed by atoms with Crippen molar-refractivity contribution in [1.82, 2.24) is 9.88 Å². The number of hydrogen-bond donors (Lipinski definition) is 3. The summed E-state index contributed by atoms with van der Waals surface area (Å²) in [5.41, 5.74) is 0.0297. The van der Waals surface area contributed by atoms with Crippen molar-refractivity contribution in [1.29, 1.82) is 0 Å². The van der Waals surface area contributed by atoms with Crippen LogP contribution >= 0.6 is 0 Å². The molecule has 1 aliphatic heterocycles. The van der Waals surface area contributed by atoms with Crippen molar-refractivity contribution in [2.24, 2.45) is 0 Å². The van der Waals surface area contributed by atoms with Crippen LogP contribution in [0.1, 0.15) is 38.5 Å². The van der Waals surface area contributed by atoms with Gasteiger partial charge in [0, 0.05) is 12.6 Å². The topological polar surface area (TPSA) is 146 Å². The van der Waals surface area contributed by atoms with Gasteiger partial charge in [0.15, 0.2) is 0 Å². The summed E-state index contributed by atoms with van der Waals surface area (Å²) in [4.78, 5) is 34.9. The number of aliphatic carboxylic acids is 2. The number of pyridine rings is 1. The van der Waals surface area contributed by atoms with Gasteiger partial charge in [-0.25, -0.2) is 14.6 Å². The number of rotatable bonds is 8. The van der Waals surface area contributed by atoms with Gasteiger partial charge in [0.25, 0.3) is 5.69 Å². The predicted molar refractivity (Wildman–Crippen MR) is 98.8 cm³/mol. The first-order valence-electron chi connectivity index (χ1n) is 8.93. The first-order valence-corrected chi connectivity index (χ1v) is 8.93. The van der Waals surface area contributed by atoms with Gasteiger partial charge in [-0.2, -0.15) is 0 Å². The monoisotopic (exact) mass is 382 g/mol. The number of hydrogen-bond acceptors (Lipinski definition) is 7. The second kappa shape index (κ2) is 12.6. The number of carbonyl (C=O) groups is 2. The first-order chi connectivity index (χ1) is 12.9. The maximum atomic E-state index is 10.5. The van der Waals surface area contributed by atoms with Crippen molar-refractivity contribution in [2.75, 3.05) is 31.5 Å². The number of nitro groups is 1. The van der Waals surface area contributed by atoms with E-state index in [1.165, 1.54) is 64.0 Å². The highest BCUT2D eigenvalue weighted by Gasteiger charge is 2.09. The number of carboxylic acids is 2. The number of piperidine rings is 1. The molecule has 150 valence electrons. The molecule has 0 unspecified atom stereocenters. The number of unbranched alkanes of at least 4 members (excludes halogenated alkanes) is 2. The Morgan fingerprint density at radius 1 is 1.11 bits per heavy atom. The molecule has 10 nitrogen and oxygen atoms in total. The molecular weight excluding hydrogens is 356 g/mol. The fraction of sp³-hybridized carbons (Fsp3) is 0.588. The van der Waals surface area contributed by atoms with E-state index < -0.39 is 16.9 Å². The molecule has 0 amide bonds. The van der Waals surface area contributed by atoms with Crippen LogP contribution in [-0.2, 0) is 9.59 Å². The number of carboxylic acid groups (broad SMARTS) is 2. The highest BCUT2D eigenvalue weighted by molar-refractivity contribution is 6.27. The SMILES string of the molecule is O=C(O)C(=O)O.O=[N+]([O-])c1ccc(NCCCCCN2CCCCC2)nc1. The van der Waals surface area contributed by atoms with Gasteiger partial charge in [0.05, 0.1) is 4.92 Å². The molecule has 0 saturated carbocycles. The Hall–Kier alpha value is -2.75. The molecule has 0 aliphatic carbocycles. The highest BCUT2D eigenvalue weighted by atomic mass is 16.6. The zero-order valence-corrected chi connectivity index (χ0v) is 15.2. The zero-order valence-electron chi connectivity index (χ0n) is 15.2. The van der Waals surface area contributed by atoms with Crippen LogP contribution in [0.3, 0.4) is 0 Å². The molecule has 0 radical (unpaired) electrons.